The average Bonchev–Trinajstić information content (AvgIpc) is 3.15. The van der Waals surface area contributed by atoms with Crippen LogP contribution in [0.1, 0.15) is 21.7 Å². The summed E-state index contributed by atoms with van der Waals surface area (Å²) < 4.78 is 5.19. The lowest BCUT2D eigenvalue weighted by Crippen LogP contribution is -2.11. The van der Waals surface area contributed by atoms with Crippen molar-refractivity contribution in [3.63, 3.8) is 0 Å². The number of anilines is 2. The number of nitrogens with one attached hydrogen (secondary N) is 2. The van der Waals surface area contributed by atoms with Gasteiger partial charge in [0.25, 0.3) is 5.91 Å². The molecule has 0 radical (unpaired) electrons. The van der Waals surface area contributed by atoms with Crippen molar-refractivity contribution in [3.05, 3.63) is 83.7 Å². The summed E-state index contributed by atoms with van der Waals surface area (Å²) >= 11 is 0. The summed E-state index contributed by atoms with van der Waals surface area (Å²) in [5.74, 6) is 1.59. The lowest BCUT2D eigenvalue weighted by molar-refractivity contribution is 0.102. The van der Waals surface area contributed by atoms with Crippen molar-refractivity contribution in [1.82, 2.24) is 9.97 Å². The SMILES string of the molecule is COc1ccc(CCc2nc3ccc(NC(=O)c4ccc(N)cc4)cc3[nH]2)cc1. The first kappa shape index (κ1) is 18.6. The summed E-state index contributed by atoms with van der Waals surface area (Å²) in [6, 6.07) is 20.5. The van der Waals surface area contributed by atoms with Crippen molar-refractivity contribution >= 4 is 28.3 Å². The highest BCUT2D eigenvalue weighted by molar-refractivity contribution is 6.05. The highest BCUT2D eigenvalue weighted by Gasteiger charge is 2.08. The van der Waals surface area contributed by atoms with E-state index in [1.165, 1.54) is 5.56 Å². The zero-order valence-electron chi connectivity index (χ0n) is 16.1. The minimum atomic E-state index is -0.177. The third-order valence-corrected chi connectivity index (χ3v) is 4.77. The molecule has 1 aromatic heterocycles. The molecule has 0 saturated heterocycles. The first-order valence-electron chi connectivity index (χ1n) is 9.39. The van der Waals surface area contributed by atoms with Gasteiger partial charge in [-0.2, -0.15) is 0 Å². The largest absolute Gasteiger partial charge is 0.497 e. The van der Waals surface area contributed by atoms with Crippen LogP contribution in [0.15, 0.2) is 66.7 Å². The number of aryl methyl sites for hydroxylation is 2. The molecule has 6 heteroatoms. The number of hydrogen-bond donors (Lipinski definition) is 3. The molecule has 29 heavy (non-hydrogen) atoms. The molecule has 1 heterocycles. The number of H-pyrrole nitrogens is 1. The van der Waals surface area contributed by atoms with Gasteiger partial charge >= 0.3 is 0 Å². The number of nitrogen functional groups attached to an aromatic ring is 1. The quantitative estimate of drug-likeness (QED) is 0.433. The van der Waals surface area contributed by atoms with Crippen LogP contribution in [0.2, 0.25) is 0 Å². The smallest absolute Gasteiger partial charge is 0.255 e. The van der Waals surface area contributed by atoms with Gasteiger partial charge in [0.1, 0.15) is 11.6 Å². The molecule has 0 unspecified atom stereocenters. The molecule has 0 spiro atoms. The third-order valence-electron chi connectivity index (χ3n) is 4.77. The number of aromatic nitrogens is 2. The van der Waals surface area contributed by atoms with E-state index in [1.807, 2.05) is 30.3 Å². The lowest BCUT2D eigenvalue weighted by atomic mass is 10.1. The monoisotopic (exact) mass is 386 g/mol. The summed E-state index contributed by atoms with van der Waals surface area (Å²) in [5, 5.41) is 2.91. The maximum Gasteiger partial charge on any atom is 0.255 e. The number of ether oxygens (including phenoxy) is 1. The molecule has 3 aromatic carbocycles. The summed E-state index contributed by atoms with van der Waals surface area (Å²) in [7, 11) is 1.66. The second kappa shape index (κ2) is 8.06. The Kier molecular flexibility index (Phi) is 5.16. The van der Waals surface area contributed by atoms with Crippen molar-refractivity contribution in [2.24, 2.45) is 0 Å². The zero-order valence-corrected chi connectivity index (χ0v) is 16.1. The molecule has 0 aliphatic rings. The Morgan fingerprint density at radius 3 is 2.52 bits per heavy atom. The van der Waals surface area contributed by atoms with E-state index in [9.17, 15) is 4.79 Å². The number of amides is 1. The van der Waals surface area contributed by atoms with E-state index < -0.39 is 0 Å². The van der Waals surface area contributed by atoms with Crippen LogP contribution >= 0.6 is 0 Å². The average molecular weight is 386 g/mol. The fraction of sp³-hybridized carbons (Fsp3) is 0.130. The molecule has 1 amide bonds. The van der Waals surface area contributed by atoms with Crippen LogP contribution in [0.5, 0.6) is 5.75 Å². The van der Waals surface area contributed by atoms with Crippen LogP contribution in [-0.2, 0) is 12.8 Å². The normalized spacial score (nSPS) is 10.8. The minimum absolute atomic E-state index is 0.177. The summed E-state index contributed by atoms with van der Waals surface area (Å²) in [6.45, 7) is 0. The predicted octanol–water partition coefficient (Wildman–Crippen LogP) is 4.19. The van der Waals surface area contributed by atoms with Gasteiger partial charge in [0, 0.05) is 23.4 Å². The summed E-state index contributed by atoms with van der Waals surface area (Å²) in [6.07, 6.45) is 1.68. The van der Waals surface area contributed by atoms with E-state index in [2.05, 4.69) is 27.4 Å². The van der Waals surface area contributed by atoms with E-state index >= 15 is 0 Å². The van der Waals surface area contributed by atoms with Gasteiger partial charge in [-0.1, -0.05) is 12.1 Å². The maximum absolute atomic E-state index is 12.4. The number of rotatable bonds is 6. The van der Waals surface area contributed by atoms with Crippen LogP contribution in [0, 0.1) is 0 Å². The van der Waals surface area contributed by atoms with Crippen LogP contribution in [0.3, 0.4) is 0 Å². The number of methoxy groups -OCH3 is 1. The van der Waals surface area contributed by atoms with Crippen LogP contribution in [0.4, 0.5) is 11.4 Å². The van der Waals surface area contributed by atoms with Gasteiger partial charge in [-0.3, -0.25) is 4.79 Å². The van der Waals surface area contributed by atoms with Crippen molar-refractivity contribution in [2.75, 3.05) is 18.2 Å². The van der Waals surface area contributed by atoms with Gasteiger partial charge in [0.15, 0.2) is 0 Å². The van der Waals surface area contributed by atoms with Gasteiger partial charge in [-0.05, 0) is 66.6 Å². The first-order valence-corrected chi connectivity index (χ1v) is 9.39. The third kappa shape index (κ3) is 4.38. The number of carbonyl (C=O) groups is 1. The number of fused-ring (bicyclic) bond motifs is 1. The van der Waals surface area contributed by atoms with E-state index in [0.717, 1.165) is 35.4 Å². The van der Waals surface area contributed by atoms with E-state index in [4.69, 9.17) is 10.5 Å². The topological polar surface area (TPSA) is 93.0 Å². The Hall–Kier alpha value is -3.80. The molecule has 4 N–H and O–H groups in total. The number of imidazole rings is 1. The molecule has 0 aliphatic heterocycles. The molecule has 0 bridgehead atoms. The van der Waals surface area contributed by atoms with Crippen LogP contribution in [0.25, 0.3) is 11.0 Å². The van der Waals surface area contributed by atoms with Crippen LogP contribution < -0.4 is 15.8 Å². The molecule has 0 fully saturated rings. The van der Waals surface area contributed by atoms with Gasteiger partial charge in [0.05, 0.1) is 18.1 Å². The predicted molar refractivity (Wildman–Crippen MR) is 115 cm³/mol. The maximum atomic E-state index is 12.4. The summed E-state index contributed by atoms with van der Waals surface area (Å²) in [4.78, 5) is 20.4. The van der Waals surface area contributed by atoms with Crippen molar-refractivity contribution in [1.29, 1.82) is 0 Å². The standard InChI is InChI=1S/C23H22N4O2/c1-29-19-10-2-15(3-11-19)4-13-22-26-20-12-9-18(14-21(20)27-22)25-23(28)16-5-7-17(24)8-6-16/h2-3,5-12,14H,4,13,24H2,1H3,(H,25,28)(H,26,27). The van der Waals surface area contributed by atoms with E-state index in [1.54, 1.807) is 31.4 Å². The van der Waals surface area contributed by atoms with Gasteiger partial charge in [-0.15, -0.1) is 0 Å². The molecular formula is C23H22N4O2. The number of benzene rings is 3. The molecule has 0 atom stereocenters. The number of nitrogens with two attached hydrogens (primary N) is 1. The van der Waals surface area contributed by atoms with Crippen molar-refractivity contribution in [2.45, 2.75) is 12.8 Å². The lowest BCUT2D eigenvalue weighted by Gasteiger charge is -2.05. The molecule has 0 aliphatic carbocycles. The highest BCUT2D eigenvalue weighted by Crippen LogP contribution is 2.19. The van der Waals surface area contributed by atoms with Crippen molar-refractivity contribution in [3.8, 4) is 5.75 Å². The molecule has 0 saturated carbocycles. The Morgan fingerprint density at radius 2 is 1.79 bits per heavy atom. The molecule has 146 valence electrons. The number of hydrogen-bond acceptors (Lipinski definition) is 4. The second-order valence-corrected chi connectivity index (χ2v) is 6.84. The summed E-state index contributed by atoms with van der Waals surface area (Å²) in [5.41, 5.74) is 10.6. The van der Waals surface area contributed by atoms with Gasteiger partial charge in [-0.25, -0.2) is 4.98 Å². The van der Waals surface area contributed by atoms with Crippen LogP contribution in [-0.4, -0.2) is 23.0 Å². The van der Waals surface area contributed by atoms with E-state index in [-0.39, 0.29) is 5.91 Å². The Bertz CT molecular complexity index is 1130. The van der Waals surface area contributed by atoms with Crippen molar-refractivity contribution < 1.29 is 9.53 Å². The Labute approximate surface area is 168 Å². The molecule has 6 nitrogen and oxygen atoms in total. The number of nitrogens with zero attached hydrogens (tertiary/aromatic N) is 1. The van der Waals surface area contributed by atoms with E-state index in [0.29, 0.717) is 16.9 Å². The fourth-order valence-electron chi connectivity index (χ4n) is 3.15. The van der Waals surface area contributed by atoms with Gasteiger partial charge in [0.2, 0.25) is 0 Å². The minimum Gasteiger partial charge on any atom is -0.497 e. The Balaban J connectivity index is 1.44. The van der Waals surface area contributed by atoms with Gasteiger partial charge < -0.3 is 20.8 Å². The zero-order chi connectivity index (χ0) is 20.2. The second-order valence-electron chi connectivity index (χ2n) is 6.84. The number of carbonyl (C=O) groups excluding carboxylic acids is 1. The first-order chi connectivity index (χ1) is 14.1. The highest BCUT2D eigenvalue weighted by atomic mass is 16.5. The molecule has 4 aromatic rings. The fourth-order valence-corrected chi connectivity index (χ4v) is 3.15. The molecule has 4 rings (SSSR count). The Morgan fingerprint density at radius 1 is 1.03 bits per heavy atom. The number of aromatic amines is 1. The molecular weight excluding hydrogens is 364 g/mol.